The number of halogens is 1. The van der Waals surface area contributed by atoms with Crippen molar-refractivity contribution >= 4 is 23.2 Å². The first-order chi connectivity index (χ1) is 8.70. The van der Waals surface area contributed by atoms with Crippen molar-refractivity contribution in [3.05, 3.63) is 29.3 Å². The molecule has 3 heteroatoms. The zero-order valence-corrected chi connectivity index (χ0v) is 11.1. The van der Waals surface area contributed by atoms with Crippen molar-refractivity contribution in [2.75, 3.05) is 5.32 Å². The van der Waals surface area contributed by atoms with E-state index < -0.39 is 0 Å². The van der Waals surface area contributed by atoms with E-state index in [4.69, 9.17) is 11.6 Å². The van der Waals surface area contributed by atoms with Crippen LogP contribution in [0.1, 0.15) is 32.1 Å². The van der Waals surface area contributed by atoms with Gasteiger partial charge in [-0.05, 0) is 55.2 Å². The quantitative estimate of drug-likeness (QED) is 0.874. The molecule has 0 saturated heterocycles. The normalized spacial score (nSPS) is 29.5. The number of carbonyl (C=O) groups is 1. The van der Waals surface area contributed by atoms with E-state index in [9.17, 15) is 4.79 Å². The van der Waals surface area contributed by atoms with Crippen molar-refractivity contribution in [3.8, 4) is 0 Å². The molecule has 1 aromatic carbocycles. The molecule has 0 aromatic heterocycles. The Balaban J connectivity index is 1.56. The Hall–Kier alpha value is -1.02. The molecule has 2 aliphatic rings. The van der Waals surface area contributed by atoms with E-state index in [1.807, 2.05) is 18.2 Å². The SMILES string of the molecule is O=C(C[C@H]1C[C@@H]2CC[C@@H]1C2)Nc1cccc(Cl)c1. The molecule has 3 rings (SSSR count). The minimum absolute atomic E-state index is 0.134. The third-order valence-corrected chi connectivity index (χ3v) is 4.68. The van der Waals surface area contributed by atoms with Crippen molar-refractivity contribution in [3.63, 3.8) is 0 Å². The average Bonchev–Trinajstić information content (AvgIpc) is 2.90. The van der Waals surface area contributed by atoms with Gasteiger partial charge in [0.15, 0.2) is 0 Å². The van der Waals surface area contributed by atoms with Crippen molar-refractivity contribution in [2.24, 2.45) is 17.8 Å². The first-order valence-electron chi connectivity index (χ1n) is 6.76. The minimum atomic E-state index is 0.134. The summed E-state index contributed by atoms with van der Waals surface area (Å²) in [6, 6.07) is 7.34. The van der Waals surface area contributed by atoms with Crippen LogP contribution in [0.5, 0.6) is 0 Å². The molecule has 0 aliphatic heterocycles. The van der Waals surface area contributed by atoms with E-state index in [1.54, 1.807) is 6.07 Å². The molecule has 2 aliphatic carbocycles. The van der Waals surface area contributed by atoms with Crippen LogP contribution in [0.3, 0.4) is 0 Å². The second-order valence-corrected chi connectivity index (χ2v) is 6.13. The van der Waals surface area contributed by atoms with Crippen LogP contribution in [0, 0.1) is 17.8 Å². The van der Waals surface area contributed by atoms with Gasteiger partial charge >= 0.3 is 0 Å². The highest BCUT2D eigenvalue weighted by Crippen LogP contribution is 2.49. The van der Waals surface area contributed by atoms with Crippen molar-refractivity contribution in [2.45, 2.75) is 32.1 Å². The number of carbonyl (C=O) groups excluding carboxylic acids is 1. The predicted octanol–water partition coefficient (Wildman–Crippen LogP) is 4.10. The zero-order chi connectivity index (χ0) is 12.5. The standard InChI is InChI=1S/C15H18ClNO/c16-13-2-1-3-14(9-13)17-15(18)8-12-7-10-4-5-11(12)6-10/h1-3,9-12H,4-8H2,(H,17,18)/t10-,11-,12-/m1/s1. The van der Waals surface area contributed by atoms with Crippen LogP contribution in [0.4, 0.5) is 5.69 Å². The van der Waals surface area contributed by atoms with Gasteiger partial charge < -0.3 is 5.32 Å². The smallest absolute Gasteiger partial charge is 0.224 e. The number of rotatable bonds is 3. The molecule has 96 valence electrons. The summed E-state index contributed by atoms with van der Waals surface area (Å²) >= 11 is 5.90. The van der Waals surface area contributed by atoms with E-state index in [-0.39, 0.29) is 5.91 Å². The maximum atomic E-state index is 12.0. The van der Waals surface area contributed by atoms with Crippen LogP contribution in [0.2, 0.25) is 5.02 Å². The molecular weight excluding hydrogens is 246 g/mol. The molecule has 0 unspecified atom stereocenters. The van der Waals surface area contributed by atoms with Crippen LogP contribution in [-0.4, -0.2) is 5.91 Å². The van der Waals surface area contributed by atoms with Crippen molar-refractivity contribution < 1.29 is 4.79 Å². The van der Waals surface area contributed by atoms with Gasteiger partial charge in [0.1, 0.15) is 0 Å². The van der Waals surface area contributed by atoms with Gasteiger partial charge in [-0.15, -0.1) is 0 Å². The lowest BCUT2D eigenvalue weighted by Crippen LogP contribution is -2.20. The largest absolute Gasteiger partial charge is 0.326 e. The minimum Gasteiger partial charge on any atom is -0.326 e. The molecule has 3 atom stereocenters. The van der Waals surface area contributed by atoms with Gasteiger partial charge in [0.25, 0.3) is 0 Å². The predicted molar refractivity (Wildman–Crippen MR) is 73.6 cm³/mol. The van der Waals surface area contributed by atoms with E-state index in [0.29, 0.717) is 17.4 Å². The molecule has 1 N–H and O–H groups in total. The number of nitrogens with one attached hydrogen (secondary N) is 1. The summed E-state index contributed by atoms with van der Waals surface area (Å²) in [7, 11) is 0. The maximum Gasteiger partial charge on any atom is 0.224 e. The molecule has 0 spiro atoms. The van der Waals surface area contributed by atoms with Crippen LogP contribution in [0.25, 0.3) is 0 Å². The van der Waals surface area contributed by atoms with Gasteiger partial charge in [-0.25, -0.2) is 0 Å². The third kappa shape index (κ3) is 2.54. The van der Waals surface area contributed by atoms with Gasteiger partial charge in [-0.3, -0.25) is 4.79 Å². The lowest BCUT2D eigenvalue weighted by molar-refractivity contribution is -0.117. The summed E-state index contributed by atoms with van der Waals surface area (Å²) in [6.07, 6.45) is 6.01. The van der Waals surface area contributed by atoms with Crippen LogP contribution in [-0.2, 0) is 4.79 Å². The van der Waals surface area contributed by atoms with Crippen molar-refractivity contribution in [1.29, 1.82) is 0 Å². The maximum absolute atomic E-state index is 12.0. The number of hydrogen-bond acceptors (Lipinski definition) is 1. The molecule has 2 nitrogen and oxygen atoms in total. The molecule has 18 heavy (non-hydrogen) atoms. The Morgan fingerprint density at radius 2 is 2.22 bits per heavy atom. The Bertz CT molecular complexity index is 460. The van der Waals surface area contributed by atoms with Gasteiger partial charge in [-0.1, -0.05) is 24.1 Å². The Kier molecular flexibility index (Phi) is 3.29. The highest BCUT2D eigenvalue weighted by atomic mass is 35.5. The van der Waals surface area contributed by atoms with Gasteiger partial charge in [0, 0.05) is 17.1 Å². The lowest BCUT2D eigenvalue weighted by atomic mass is 9.86. The van der Waals surface area contributed by atoms with Crippen LogP contribution in [0.15, 0.2) is 24.3 Å². The summed E-state index contributed by atoms with van der Waals surface area (Å²) in [4.78, 5) is 12.0. The number of hydrogen-bond donors (Lipinski definition) is 1. The average molecular weight is 264 g/mol. The fourth-order valence-corrected chi connectivity index (χ4v) is 3.83. The molecule has 1 amide bonds. The highest BCUT2D eigenvalue weighted by Gasteiger charge is 2.40. The van der Waals surface area contributed by atoms with Gasteiger partial charge in [0.2, 0.25) is 5.91 Å². The summed E-state index contributed by atoms with van der Waals surface area (Å²) in [5.41, 5.74) is 0.802. The zero-order valence-electron chi connectivity index (χ0n) is 10.4. The van der Waals surface area contributed by atoms with Crippen molar-refractivity contribution in [1.82, 2.24) is 0 Å². The summed E-state index contributed by atoms with van der Waals surface area (Å²) in [5, 5.41) is 3.61. The Morgan fingerprint density at radius 1 is 1.33 bits per heavy atom. The van der Waals surface area contributed by atoms with E-state index in [2.05, 4.69) is 5.32 Å². The fourth-order valence-electron chi connectivity index (χ4n) is 3.64. The van der Waals surface area contributed by atoms with Crippen LogP contribution < -0.4 is 5.32 Å². The molecule has 0 radical (unpaired) electrons. The summed E-state index contributed by atoms with van der Waals surface area (Å²) in [5.74, 6) is 2.46. The van der Waals surface area contributed by atoms with E-state index in [1.165, 1.54) is 25.7 Å². The first-order valence-corrected chi connectivity index (χ1v) is 7.14. The van der Waals surface area contributed by atoms with Gasteiger partial charge in [-0.2, -0.15) is 0 Å². The number of fused-ring (bicyclic) bond motifs is 2. The Morgan fingerprint density at radius 3 is 2.89 bits per heavy atom. The molecule has 1 aromatic rings. The molecule has 2 saturated carbocycles. The Labute approximate surface area is 113 Å². The summed E-state index contributed by atoms with van der Waals surface area (Å²) in [6.45, 7) is 0. The highest BCUT2D eigenvalue weighted by molar-refractivity contribution is 6.30. The third-order valence-electron chi connectivity index (χ3n) is 4.44. The lowest BCUT2D eigenvalue weighted by Gasteiger charge is -2.20. The molecule has 2 fully saturated rings. The summed E-state index contributed by atoms with van der Waals surface area (Å²) < 4.78 is 0. The monoisotopic (exact) mass is 263 g/mol. The molecule has 2 bridgehead atoms. The van der Waals surface area contributed by atoms with Gasteiger partial charge in [0.05, 0.1) is 0 Å². The molecular formula is C15H18ClNO. The topological polar surface area (TPSA) is 29.1 Å². The fraction of sp³-hybridized carbons (Fsp3) is 0.533. The second-order valence-electron chi connectivity index (χ2n) is 5.70. The van der Waals surface area contributed by atoms with Crippen LogP contribution >= 0.6 is 11.6 Å². The van der Waals surface area contributed by atoms with E-state index in [0.717, 1.165) is 17.5 Å². The number of anilines is 1. The number of amides is 1. The van der Waals surface area contributed by atoms with E-state index >= 15 is 0 Å². The second kappa shape index (κ2) is 4.93. The molecule has 0 heterocycles. The number of benzene rings is 1. The first kappa shape index (κ1) is 12.0.